The average molecular weight is 273 g/mol. The first kappa shape index (κ1) is 14.6. The Kier molecular flexibility index (Phi) is 5.42. The second kappa shape index (κ2) is 7.08. The molecule has 3 heteroatoms. The van der Waals surface area contributed by atoms with Crippen LogP contribution in [0.2, 0.25) is 0 Å². The summed E-state index contributed by atoms with van der Waals surface area (Å²) in [5.41, 5.74) is 2.41. The standard InChI is InChI=1S/2C8H7N.K/c2*1-2-4-8-7(3-1)5-6-9-8;/h2*1-6,9H;. The molecule has 2 nitrogen and oxygen atoms in total. The summed E-state index contributed by atoms with van der Waals surface area (Å²) in [6, 6.07) is 20.6. The third kappa shape index (κ3) is 3.58. The fourth-order valence-corrected chi connectivity index (χ4v) is 1.99. The summed E-state index contributed by atoms with van der Waals surface area (Å²) in [6.07, 6.45) is 3.90. The molecule has 0 aliphatic carbocycles. The predicted octanol–water partition coefficient (Wildman–Crippen LogP) is 3.96. The molecule has 19 heavy (non-hydrogen) atoms. The van der Waals surface area contributed by atoms with E-state index in [0.717, 1.165) is 0 Å². The van der Waals surface area contributed by atoms with Crippen molar-refractivity contribution in [2.45, 2.75) is 0 Å². The maximum Gasteiger partial charge on any atom is 0.0453 e. The van der Waals surface area contributed by atoms with Crippen molar-refractivity contribution in [2.24, 2.45) is 0 Å². The van der Waals surface area contributed by atoms with E-state index < -0.39 is 0 Å². The van der Waals surface area contributed by atoms with Gasteiger partial charge in [0.1, 0.15) is 0 Å². The minimum absolute atomic E-state index is 0. The van der Waals surface area contributed by atoms with Gasteiger partial charge in [-0.1, -0.05) is 36.4 Å². The molecule has 0 amide bonds. The number of hydrogen-bond acceptors (Lipinski definition) is 0. The van der Waals surface area contributed by atoms with E-state index in [4.69, 9.17) is 0 Å². The topological polar surface area (TPSA) is 31.6 Å². The molecule has 1 radical (unpaired) electrons. The summed E-state index contributed by atoms with van der Waals surface area (Å²) >= 11 is 0. The minimum Gasteiger partial charge on any atom is -0.361 e. The zero-order chi connectivity index (χ0) is 12.2. The van der Waals surface area contributed by atoms with E-state index in [0.29, 0.717) is 0 Å². The maximum atomic E-state index is 3.12. The van der Waals surface area contributed by atoms with E-state index in [9.17, 15) is 0 Å². The summed E-state index contributed by atoms with van der Waals surface area (Å²) in [6.45, 7) is 0. The fraction of sp³-hybridized carbons (Fsp3) is 0. The molecule has 0 atom stereocenters. The van der Waals surface area contributed by atoms with Gasteiger partial charge in [-0.15, -0.1) is 0 Å². The summed E-state index contributed by atoms with van der Waals surface area (Å²) in [7, 11) is 0. The number of benzene rings is 2. The van der Waals surface area contributed by atoms with Crippen molar-refractivity contribution >= 4 is 73.2 Å². The zero-order valence-electron chi connectivity index (χ0n) is 10.9. The van der Waals surface area contributed by atoms with Crippen LogP contribution in [0.15, 0.2) is 73.1 Å². The number of rotatable bonds is 0. The minimum atomic E-state index is 0. The van der Waals surface area contributed by atoms with Crippen LogP contribution in [-0.4, -0.2) is 61.4 Å². The van der Waals surface area contributed by atoms with Crippen molar-refractivity contribution in [3.63, 3.8) is 0 Å². The monoisotopic (exact) mass is 273 g/mol. The van der Waals surface area contributed by atoms with Crippen LogP contribution in [0, 0.1) is 0 Å². The molecule has 2 heterocycles. The molecule has 0 spiro atoms. The Hall–Kier alpha value is -0.844. The molecule has 4 aromatic rings. The average Bonchev–Trinajstić information content (AvgIpc) is 3.08. The van der Waals surface area contributed by atoms with E-state index in [1.165, 1.54) is 21.8 Å². The summed E-state index contributed by atoms with van der Waals surface area (Å²) < 4.78 is 0. The van der Waals surface area contributed by atoms with E-state index >= 15 is 0 Å². The number of aromatic nitrogens is 2. The first-order valence-electron chi connectivity index (χ1n) is 5.98. The fourth-order valence-electron chi connectivity index (χ4n) is 1.99. The smallest absolute Gasteiger partial charge is 0.0453 e. The van der Waals surface area contributed by atoms with Gasteiger partial charge >= 0.3 is 0 Å². The number of hydrogen-bond donors (Lipinski definition) is 2. The van der Waals surface area contributed by atoms with Crippen molar-refractivity contribution in [3.8, 4) is 0 Å². The Morgan fingerprint density at radius 2 is 0.947 bits per heavy atom. The summed E-state index contributed by atoms with van der Waals surface area (Å²) in [5, 5.41) is 2.55. The van der Waals surface area contributed by atoms with Crippen LogP contribution < -0.4 is 0 Å². The van der Waals surface area contributed by atoms with Crippen LogP contribution in [0.5, 0.6) is 0 Å². The normalized spacial score (nSPS) is 9.68. The van der Waals surface area contributed by atoms with Gasteiger partial charge in [0.05, 0.1) is 0 Å². The Morgan fingerprint density at radius 1 is 0.526 bits per heavy atom. The summed E-state index contributed by atoms with van der Waals surface area (Å²) in [4.78, 5) is 6.24. The number of nitrogens with one attached hydrogen (secondary N) is 2. The second-order valence-electron chi connectivity index (χ2n) is 4.13. The predicted molar refractivity (Wildman–Crippen MR) is 82.4 cm³/mol. The molecule has 89 valence electrons. The van der Waals surface area contributed by atoms with Gasteiger partial charge in [0.2, 0.25) is 0 Å². The van der Waals surface area contributed by atoms with Crippen LogP contribution in [-0.2, 0) is 0 Å². The van der Waals surface area contributed by atoms with Crippen molar-refractivity contribution in [2.75, 3.05) is 0 Å². The largest absolute Gasteiger partial charge is 0.361 e. The van der Waals surface area contributed by atoms with Crippen molar-refractivity contribution in [3.05, 3.63) is 73.1 Å². The van der Waals surface area contributed by atoms with Crippen LogP contribution in [0.25, 0.3) is 21.8 Å². The van der Waals surface area contributed by atoms with Gasteiger partial charge in [-0.3, -0.25) is 0 Å². The van der Waals surface area contributed by atoms with Crippen molar-refractivity contribution in [1.29, 1.82) is 0 Å². The van der Waals surface area contributed by atoms with Gasteiger partial charge in [0.15, 0.2) is 0 Å². The molecule has 0 bridgehead atoms. The first-order valence-corrected chi connectivity index (χ1v) is 5.98. The molecule has 2 N–H and O–H groups in total. The van der Waals surface area contributed by atoms with Crippen molar-refractivity contribution < 1.29 is 0 Å². The molecule has 0 unspecified atom stereocenters. The van der Waals surface area contributed by atoms with E-state index in [2.05, 4.69) is 46.4 Å². The zero-order valence-corrected chi connectivity index (χ0v) is 14.1. The quantitative estimate of drug-likeness (QED) is 0.455. The molecule has 4 rings (SSSR count). The second-order valence-corrected chi connectivity index (χ2v) is 4.13. The van der Waals surface area contributed by atoms with Gasteiger partial charge in [-0.25, -0.2) is 0 Å². The molecule has 2 aromatic heterocycles. The molecule has 0 aliphatic heterocycles. The molecule has 0 saturated carbocycles. The molecule has 2 aromatic carbocycles. The van der Waals surface area contributed by atoms with Crippen LogP contribution in [0.3, 0.4) is 0 Å². The Labute approximate surface area is 154 Å². The summed E-state index contributed by atoms with van der Waals surface area (Å²) in [5.74, 6) is 0. The van der Waals surface area contributed by atoms with Crippen molar-refractivity contribution in [1.82, 2.24) is 9.97 Å². The van der Waals surface area contributed by atoms with Crippen LogP contribution >= 0.6 is 0 Å². The van der Waals surface area contributed by atoms with E-state index in [1.807, 2.05) is 36.7 Å². The van der Waals surface area contributed by atoms with Crippen LogP contribution in [0.4, 0.5) is 0 Å². The number of para-hydroxylation sites is 2. The SMILES string of the molecule is [K].c1ccc2[nH]ccc2c1.c1ccc2[nH]ccc2c1. The van der Waals surface area contributed by atoms with Gasteiger partial charge in [0, 0.05) is 74.8 Å². The maximum absolute atomic E-state index is 3.12. The van der Waals surface area contributed by atoms with E-state index in [1.54, 1.807) is 0 Å². The number of aromatic amines is 2. The van der Waals surface area contributed by atoms with Gasteiger partial charge in [0.25, 0.3) is 0 Å². The van der Waals surface area contributed by atoms with Gasteiger partial charge < -0.3 is 9.97 Å². The third-order valence-corrected chi connectivity index (χ3v) is 2.93. The number of H-pyrrole nitrogens is 2. The van der Waals surface area contributed by atoms with E-state index in [-0.39, 0.29) is 51.4 Å². The number of fused-ring (bicyclic) bond motifs is 2. The Balaban J connectivity index is 0.000000133. The van der Waals surface area contributed by atoms with Gasteiger partial charge in [-0.05, 0) is 35.0 Å². The Bertz CT molecular complexity index is 629. The third-order valence-electron chi connectivity index (χ3n) is 2.93. The van der Waals surface area contributed by atoms with Crippen LogP contribution in [0.1, 0.15) is 0 Å². The first-order chi connectivity index (χ1) is 8.93. The molecular weight excluding hydrogens is 259 g/mol. The molecule has 0 aliphatic rings. The molecular formula is C16H14KN2. The van der Waals surface area contributed by atoms with Gasteiger partial charge in [-0.2, -0.15) is 0 Å². The molecule has 0 saturated heterocycles. The Morgan fingerprint density at radius 3 is 1.37 bits per heavy atom. The molecule has 0 fully saturated rings.